The number of fused-ring (bicyclic) bond motifs is 1. The molecule has 1 saturated carbocycles. The molecule has 0 saturated heterocycles. The molecule has 2 aliphatic carbocycles. The second-order valence-electron chi connectivity index (χ2n) is 13.5. The van der Waals surface area contributed by atoms with E-state index in [9.17, 15) is 28.3 Å². The second kappa shape index (κ2) is 20.9. The van der Waals surface area contributed by atoms with Crippen LogP contribution in [0, 0.1) is 5.92 Å². The predicted molar refractivity (Wildman–Crippen MR) is 203 cm³/mol. The lowest BCUT2D eigenvalue weighted by molar-refractivity contribution is -0.134. The largest absolute Gasteiger partial charge is 0.710 e. The number of aromatic nitrogens is 4. The molecule has 21 heteroatoms. The fraction of sp³-hybridized carbons (Fsp3) is 0.588. The van der Waals surface area contributed by atoms with E-state index in [0.29, 0.717) is 47.2 Å². The van der Waals surface area contributed by atoms with Gasteiger partial charge in [0.05, 0.1) is 19.5 Å². The summed E-state index contributed by atoms with van der Waals surface area (Å²) in [6.07, 6.45) is 18.5. The maximum absolute atomic E-state index is 12.6. The van der Waals surface area contributed by atoms with Crippen LogP contribution in [0.5, 0.6) is 5.75 Å². The van der Waals surface area contributed by atoms with Gasteiger partial charge in [0.1, 0.15) is 5.75 Å². The first-order valence-electron chi connectivity index (χ1n) is 18.5. The zero-order valence-corrected chi connectivity index (χ0v) is 33.5. The van der Waals surface area contributed by atoms with Crippen molar-refractivity contribution in [3.05, 3.63) is 48.3 Å². The second-order valence-corrected chi connectivity index (χ2v) is 17.6. The summed E-state index contributed by atoms with van der Waals surface area (Å²) in [5.41, 5.74) is 7.61. The third-order valence-corrected chi connectivity index (χ3v) is 12.7. The molecule has 5 N–H and O–H groups in total. The molecule has 2 aromatic heterocycles. The fourth-order valence-electron chi connectivity index (χ4n) is 5.99. The van der Waals surface area contributed by atoms with Gasteiger partial charge in [-0.05, 0) is 47.7 Å². The molecule has 18 nitrogen and oxygen atoms in total. The lowest BCUT2D eigenvalue weighted by Crippen LogP contribution is -2.19. The number of nitrogens with one attached hydrogen (secondary N) is 1. The van der Waals surface area contributed by atoms with Gasteiger partial charge < -0.3 is 30.0 Å². The van der Waals surface area contributed by atoms with Crippen LogP contribution in [-0.2, 0) is 47.5 Å². The van der Waals surface area contributed by atoms with Gasteiger partial charge in [0.15, 0.2) is 17.0 Å². The van der Waals surface area contributed by atoms with Crippen molar-refractivity contribution in [2.75, 3.05) is 24.5 Å². The minimum atomic E-state index is -5.40. The van der Waals surface area contributed by atoms with Crippen molar-refractivity contribution in [3.8, 4) is 5.75 Å². The number of benzene rings is 1. The van der Waals surface area contributed by atoms with Crippen LogP contribution in [0.1, 0.15) is 102 Å². The number of esters is 1. The standard InChI is InChI=1S/C34H49N6O12P3/c1-2-3-4-5-6-7-8-9-10-14-30(41)50-28-19-15-25(16-20-28)21-47-24-48-53(42)51-55(45,46)52-54(43,44)49-22-26-12-11-13-29(26)40-23-36-31-32(37-27-17-18-27)38-34(35)39-33(31)40/h11-12,15-16,19-20,23,26-27,29H,2-10,13-14,17-18,21-22,24H2,1H3,(H4-,35,37,38,39,43,44,45,46)/p+1/t26-,29?/m0/s1. The molecule has 0 bridgehead atoms. The summed E-state index contributed by atoms with van der Waals surface area (Å²) in [4.78, 5) is 45.4. The van der Waals surface area contributed by atoms with Gasteiger partial charge in [-0.25, -0.2) is 14.1 Å². The molecule has 302 valence electrons. The Morgan fingerprint density at radius 3 is 2.44 bits per heavy atom. The number of imidazole rings is 1. The normalized spacial score (nSPS) is 19.3. The van der Waals surface area contributed by atoms with Gasteiger partial charge in [-0.2, -0.15) is 14.3 Å². The van der Waals surface area contributed by atoms with Crippen molar-refractivity contribution in [2.45, 2.75) is 109 Å². The number of ether oxygens (including phenoxy) is 2. The van der Waals surface area contributed by atoms with Crippen molar-refractivity contribution in [2.24, 2.45) is 5.92 Å². The Bertz CT molecular complexity index is 1860. The van der Waals surface area contributed by atoms with E-state index in [1.54, 1.807) is 41.2 Å². The minimum absolute atomic E-state index is 0.00681. The third kappa shape index (κ3) is 14.4. The van der Waals surface area contributed by atoms with E-state index < -0.39 is 43.2 Å². The van der Waals surface area contributed by atoms with Gasteiger partial charge in [0, 0.05) is 29.0 Å². The van der Waals surface area contributed by atoms with Crippen molar-refractivity contribution in [3.63, 3.8) is 0 Å². The van der Waals surface area contributed by atoms with Gasteiger partial charge in [0.25, 0.3) is 0 Å². The van der Waals surface area contributed by atoms with Crippen LogP contribution in [0.2, 0.25) is 0 Å². The number of hydrogen-bond acceptors (Lipinski definition) is 15. The summed E-state index contributed by atoms with van der Waals surface area (Å²) in [5, 5.41) is 3.29. The summed E-state index contributed by atoms with van der Waals surface area (Å²) < 4.78 is 68.1. The van der Waals surface area contributed by atoms with Crippen molar-refractivity contribution < 1.29 is 55.4 Å². The van der Waals surface area contributed by atoms with Crippen LogP contribution in [0.4, 0.5) is 11.8 Å². The van der Waals surface area contributed by atoms with Crippen LogP contribution in [0.15, 0.2) is 42.7 Å². The molecule has 0 aliphatic heterocycles. The molecule has 0 spiro atoms. The summed E-state index contributed by atoms with van der Waals surface area (Å²) in [6.45, 7) is 1.18. The number of phosphoric acid groups is 2. The first kappa shape index (κ1) is 43.0. The van der Waals surface area contributed by atoms with Crippen LogP contribution >= 0.6 is 23.9 Å². The molecule has 5 atom stereocenters. The van der Waals surface area contributed by atoms with E-state index in [2.05, 4.69) is 35.8 Å². The number of carbonyl (C=O) groups excluding carboxylic acids is 1. The quantitative estimate of drug-likeness (QED) is 0.0149. The molecule has 1 aromatic carbocycles. The topological polar surface area (TPSA) is 246 Å². The SMILES string of the molecule is CCCCCCCCCCCC(=O)Oc1ccc(COCO[P+](=O)OP(=O)(O)OP(=O)(O)OC[C@@H]2C=CCC2n2cnc3c(NC4CC4)nc(N)nc32)cc1. The predicted octanol–water partition coefficient (Wildman–Crippen LogP) is 8.03. The zero-order valence-electron chi connectivity index (χ0n) is 30.8. The van der Waals surface area contributed by atoms with Crippen LogP contribution in [0.25, 0.3) is 11.2 Å². The van der Waals surface area contributed by atoms with Crippen molar-refractivity contribution in [1.29, 1.82) is 0 Å². The number of anilines is 2. The Balaban J connectivity index is 0.972. The molecule has 0 radical (unpaired) electrons. The average Bonchev–Trinajstić information content (AvgIpc) is 3.64. The number of nitrogens with two attached hydrogens (primary N) is 1. The summed E-state index contributed by atoms with van der Waals surface area (Å²) in [7, 11) is -13.9. The highest BCUT2D eigenvalue weighted by Gasteiger charge is 2.45. The van der Waals surface area contributed by atoms with Crippen molar-refractivity contribution >= 4 is 52.8 Å². The highest BCUT2D eigenvalue weighted by Crippen LogP contribution is 2.64. The van der Waals surface area contributed by atoms with E-state index in [1.165, 1.54) is 38.5 Å². The Hall–Kier alpha value is -3.14. The van der Waals surface area contributed by atoms with Gasteiger partial charge >= 0.3 is 29.9 Å². The smallest absolute Gasteiger partial charge is 0.427 e. The highest BCUT2D eigenvalue weighted by molar-refractivity contribution is 7.64. The molecule has 3 aromatic rings. The molecule has 1 fully saturated rings. The van der Waals surface area contributed by atoms with E-state index in [4.69, 9.17) is 24.3 Å². The number of hydrogen-bond donors (Lipinski definition) is 4. The molecular weight excluding hydrogens is 777 g/mol. The summed E-state index contributed by atoms with van der Waals surface area (Å²) >= 11 is 0. The maximum Gasteiger partial charge on any atom is 0.710 e. The van der Waals surface area contributed by atoms with E-state index >= 15 is 0 Å². The number of nitrogen functional groups attached to an aromatic ring is 1. The van der Waals surface area contributed by atoms with Gasteiger partial charge in [-0.15, -0.1) is 0 Å². The van der Waals surface area contributed by atoms with E-state index in [1.807, 2.05) is 6.08 Å². The number of unbranched alkanes of at least 4 members (excludes halogenated alkanes) is 8. The molecule has 5 rings (SSSR count). The first-order valence-corrected chi connectivity index (χ1v) is 22.6. The van der Waals surface area contributed by atoms with Crippen LogP contribution < -0.4 is 15.8 Å². The Labute approximate surface area is 320 Å². The molecule has 2 heterocycles. The molecular formula is C34H50N6O12P3+. The molecule has 55 heavy (non-hydrogen) atoms. The number of phosphoric ester groups is 1. The minimum Gasteiger partial charge on any atom is -0.427 e. The fourth-order valence-corrected chi connectivity index (χ4v) is 9.00. The van der Waals surface area contributed by atoms with E-state index in [-0.39, 0.29) is 24.6 Å². The monoisotopic (exact) mass is 827 g/mol. The van der Waals surface area contributed by atoms with Gasteiger partial charge in [0.2, 0.25) is 12.7 Å². The van der Waals surface area contributed by atoms with Crippen LogP contribution in [0.3, 0.4) is 0 Å². The highest BCUT2D eigenvalue weighted by atomic mass is 31.3. The summed E-state index contributed by atoms with van der Waals surface area (Å²) in [5.74, 6) is 0.183. The Morgan fingerprint density at radius 2 is 1.73 bits per heavy atom. The lowest BCUT2D eigenvalue weighted by Gasteiger charge is -2.22. The first-order chi connectivity index (χ1) is 26.4. The zero-order chi connectivity index (χ0) is 39.3. The third-order valence-electron chi connectivity index (χ3n) is 8.93. The van der Waals surface area contributed by atoms with Crippen LogP contribution in [-0.4, -0.2) is 54.7 Å². The number of nitrogens with zero attached hydrogens (tertiary/aromatic N) is 4. The number of allylic oxidation sites excluding steroid dienone is 1. The average molecular weight is 828 g/mol. The molecule has 2 aliphatic rings. The number of rotatable bonds is 26. The molecule has 4 unspecified atom stereocenters. The number of carbonyl (C=O) groups is 1. The van der Waals surface area contributed by atoms with Gasteiger partial charge in [-0.3, -0.25) is 14.2 Å². The Morgan fingerprint density at radius 1 is 1.02 bits per heavy atom. The summed E-state index contributed by atoms with van der Waals surface area (Å²) in [6, 6.07) is 6.52. The molecule has 0 amide bonds. The van der Waals surface area contributed by atoms with Crippen molar-refractivity contribution in [1.82, 2.24) is 19.5 Å². The van der Waals surface area contributed by atoms with E-state index in [0.717, 1.165) is 32.1 Å². The Kier molecular flexibility index (Phi) is 16.3. The lowest BCUT2D eigenvalue weighted by atomic mass is 10.1. The van der Waals surface area contributed by atoms with Gasteiger partial charge in [-0.1, -0.05) is 87.1 Å². The maximum atomic E-state index is 12.6.